The van der Waals surface area contributed by atoms with Crippen LogP contribution in [0.5, 0.6) is 0 Å². The Morgan fingerprint density at radius 2 is 1.81 bits per heavy atom. The number of nitrogens with zero attached hydrogens (tertiary/aromatic N) is 5. The minimum Gasteiger partial charge on any atom is -0.342 e. The second-order valence-electron chi connectivity index (χ2n) is 13.6. The van der Waals surface area contributed by atoms with Gasteiger partial charge in [0.1, 0.15) is 5.82 Å². The topological polar surface area (TPSA) is 61.7 Å². The second-order valence-corrected chi connectivity index (χ2v) is 13.6. The molecular formula is C35H46FN5O2. The number of halogens is 1. The number of aryl methyl sites for hydroxylation is 1. The Labute approximate surface area is 255 Å². The van der Waals surface area contributed by atoms with Crippen LogP contribution in [-0.2, 0) is 11.2 Å². The third-order valence-electron chi connectivity index (χ3n) is 10.3. The average Bonchev–Trinajstić information content (AvgIpc) is 3.56. The van der Waals surface area contributed by atoms with Crippen molar-refractivity contribution >= 4 is 22.7 Å². The molecule has 1 atom stereocenters. The Hall–Kier alpha value is -3.26. The molecule has 8 heteroatoms. The Balaban J connectivity index is 1.16. The van der Waals surface area contributed by atoms with Crippen molar-refractivity contribution in [2.24, 2.45) is 17.8 Å². The quantitative estimate of drug-likeness (QED) is 0.332. The predicted octanol–water partition coefficient (Wildman–Crippen LogP) is 5.86. The van der Waals surface area contributed by atoms with Gasteiger partial charge in [-0.05, 0) is 113 Å². The summed E-state index contributed by atoms with van der Waals surface area (Å²) in [6.07, 6.45) is 13.6. The van der Waals surface area contributed by atoms with E-state index in [4.69, 9.17) is 0 Å². The van der Waals surface area contributed by atoms with E-state index in [0.717, 1.165) is 82.3 Å². The van der Waals surface area contributed by atoms with E-state index in [-0.39, 0.29) is 17.9 Å². The summed E-state index contributed by atoms with van der Waals surface area (Å²) in [5.74, 6) is 1.28. The number of benzene rings is 1. The molecule has 0 bridgehead atoms. The summed E-state index contributed by atoms with van der Waals surface area (Å²) in [6, 6.07) is 4.50. The van der Waals surface area contributed by atoms with Gasteiger partial charge in [-0.3, -0.25) is 14.6 Å². The number of hydrogen-bond donors (Lipinski definition) is 0. The second kappa shape index (κ2) is 12.4. The van der Waals surface area contributed by atoms with Gasteiger partial charge in [0.15, 0.2) is 0 Å². The summed E-state index contributed by atoms with van der Waals surface area (Å²) < 4.78 is 16.5. The Morgan fingerprint density at radius 3 is 2.51 bits per heavy atom. The summed E-state index contributed by atoms with van der Waals surface area (Å²) in [5, 5.41) is 1.18. The molecule has 3 aliphatic rings. The van der Waals surface area contributed by atoms with Crippen LogP contribution in [0.3, 0.4) is 0 Å². The van der Waals surface area contributed by atoms with Gasteiger partial charge in [0.2, 0.25) is 5.91 Å². The maximum absolute atomic E-state index is 14.4. The Morgan fingerprint density at radius 1 is 1.05 bits per heavy atom. The largest absolute Gasteiger partial charge is 0.342 e. The zero-order chi connectivity index (χ0) is 30.2. The first-order valence-electron chi connectivity index (χ1n) is 16.2. The van der Waals surface area contributed by atoms with Crippen molar-refractivity contribution in [3.63, 3.8) is 0 Å². The minimum atomic E-state index is -0.419. The van der Waals surface area contributed by atoms with E-state index >= 15 is 0 Å². The lowest BCUT2D eigenvalue weighted by atomic mass is 9.80. The highest BCUT2D eigenvalue weighted by molar-refractivity contribution is 5.99. The van der Waals surface area contributed by atoms with Crippen LogP contribution in [0.2, 0.25) is 0 Å². The first-order valence-corrected chi connectivity index (χ1v) is 16.2. The number of likely N-dealkylation sites (tertiary alicyclic amines) is 2. The number of carbonyl (C=O) groups is 2. The van der Waals surface area contributed by atoms with Crippen molar-refractivity contribution in [2.45, 2.75) is 71.8 Å². The molecule has 2 amide bonds. The van der Waals surface area contributed by atoms with E-state index in [1.54, 1.807) is 18.0 Å². The molecule has 7 nitrogen and oxygen atoms in total. The lowest BCUT2D eigenvalue weighted by molar-refractivity contribution is -0.140. The number of pyridine rings is 1. The predicted molar refractivity (Wildman–Crippen MR) is 168 cm³/mol. The smallest absolute Gasteiger partial charge is 0.256 e. The fraction of sp³-hybridized carbons (Fsp3) is 0.571. The van der Waals surface area contributed by atoms with Gasteiger partial charge in [-0.15, -0.1) is 0 Å². The van der Waals surface area contributed by atoms with Crippen molar-refractivity contribution in [1.29, 1.82) is 0 Å². The van der Waals surface area contributed by atoms with Crippen molar-refractivity contribution in [3.05, 3.63) is 59.3 Å². The van der Waals surface area contributed by atoms with Crippen LogP contribution in [0.4, 0.5) is 4.39 Å². The maximum Gasteiger partial charge on any atom is 0.256 e. The fourth-order valence-electron chi connectivity index (χ4n) is 7.42. The highest BCUT2D eigenvalue weighted by Gasteiger charge is 2.33. The van der Waals surface area contributed by atoms with Crippen LogP contribution in [0.25, 0.3) is 16.6 Å². The average molecular weight is 588 g/mol. The molecule has 3 fully saturated rings. The molecule has 1 aliphatic carbocycles. The number of rotatable bonds is 8. The maximum atomic E-state index is 14.4. The van der Waals surface area contributed by atoms with E-state index in [9.17, 15) is 14.0 Å². The van der Waals surface area contributed by atoms with E-state index in [0.29, 0.717) is 29.0 Å². The van der Waals surface area contributed by atoms with Crippen LogP contribution in [0, 0.1) is 30.5 Å². The third kappa shape index (κ3) is 6.08. The molecule has 1 aromatic carbocycles. The number of amides is 2. The molecule has 3 aromatic rings. The van der Waals surface area contributed by atoms with Crippen LogP contribution in [0.1, 0.15) is 73.9 Å². The zero-order valence-corrected chi connectivity index (χ0v) is 26.2. The summed E-state index contributed by atoms with van der Waals surface area (Å²) in [6.45, 7) is 11.3. The Kier molecular flexibility index (Phi) is 8.58. The molecule has 0 spiro atoms. The number of hydrogen-bond acceptors (Lipinski definition) is 4. The first kappa shape index (κ1) is 29.8. The highest BCUT2D eigenvalue weighted by Crippen LogP contribution is 2.35. The molecule has 0 radical (unpaired) electrons. The summed E-state index contributed by atoms with van der Waals surface area (Å²) in [4.78, 5) is 36.9. The monoisotopic (exact) mass is 587 g/mol. The SMILES string of the molecule is Cc1cncc2c1c(C[C@@H]1CCN(C[C@H]3CC[C@@H](C(=O)N4CCC4)CC3)C1)cn2-c1ccc(F)cc1C(=O)N(C)C(C)C. The number of carbonyl (C=O) groups excluding carboxylic acids is 2. The van der Waals surface area contributed by atoms with Gasteiger partial charge < -0.3 is 19.3 Å². The van der Waals surface area contributed by atoms with Crippen molar-refractivity contribution < 1.29 is 14.0 Å². The van der Waals surface area contributed by atoms with E-state index in [1.807, 2.05) is 35.7 Å². The fourth-order valence-corrected chi connectivity index (χ4v) is 7.42. The number of fused-ring (bicyclic) bond motifs is 1. The molecule has 2 saturated heterocycles. The molecule has 2 aromatic heterocycles. The lowest BCUT2D eigenvalue weighted by Crippen LogP contribution is -2.46. The van der Waals surface area contributed by atoms with Gasteiger partial charge in [-0.1, -0.05) is 0 Å². The molecule has 2 aliphatic heterocycles. The first-order chi connectivity index (χ1) is 20.7. The lowest BCUT2D eigenvalue weighted by Gasteiger charge is -2.37. The standard InChI is InChI=1S/C35H46FN5O2/c1-23(2)38(4)35(43)30-17-29(36)10-11-31(30)41-22-28(33-24(3)18-37-19-32(33)41)16-26-12-15-39(21-26)20-25-6-8-27(9-7-25)34(42)40-13-5-14-40/h10-11,17-19,22-23,25-27H,5-9,12-16,20-21H2,1-4H3/t25-,26-,27+/m0/s1. The molecule has 4 heterocycles. The Bertz CT molecular complexity index is 1490. The molecule has 230 valence electrons. The van der Waals surface area contributed by atoms with Crippen molar-refractivity contribution in [1.82, 2.24) is 24.3 Å². The third-order valence-corrected chi connectivity index (χ3v) is 10.3. The van der Waals surface area contributed by atoms with Gasteiger partial charge in [0, 0.05) is 63.0 Å². The molecule has 0 N–H and O–H groups in total. The van der Waals surface area contributed by atoms with Crippen molar-refractivity contribution in [3.8, 4) is 5.69 Å². The highest BCUT2D eigenvalue weighted by atomic mass is 19.1. The summed E-state index contributed by atoms with van der Waals surface area (Å²) in [7, 11) is 1.76. The van der Waals surface area contributed by atoms with E-state index in [1.165, 1.54) is 29.5 Å². The van der Waals surface area contributed by atoms with Gasteiger partial charge in [0.05, 0.1) is 23.0 Å². The van der Waals surface area contributed by atoms with Crippen LogP contribution < -0.4 is 0 Å². The molecule has 1 saturated carbocycles. The van der Waals surface area contributed by atoms with Gasteiger partial charge in [-0.2, -0.15) is 0 Å². The van der Waals surface area contributed by atoms with E-state index in [2.05, 4.69) is 23.0 Å². The van der Waals surface area contributed by atoms with Gasteiger partial charge in [-0.25, -0.2) is 4.39 Å². The van der Waals surface area contributed by atoms with Crippen LogP contribution >= 0.6 is 0 Å². The van der Waals surface area contributed by atoms with Crippen molar-refractivity contribution in [2.75, 3.05) is 39.8 Å². The minimum absolute atomic E-state index is 0.00215. The van der Waals surface area contributed by atoms with Crippen LogP contribution in [0.15, 0.2) is 36.8 Å². The summed E-state index contributed by atoms with van der Waals surface area (Å²) in [5.41, 5.74) is 4.35. The van der Waals surface area contributed by atoms with Crippen LogP contribution in [-0.4, -0.2) is 81.9 Å². The summed E-state index contributed by atoms with van der Waals surface area (Å²) >= 11 is 0. The molecule has 43 heavy (non-hydrogen) atoms. The van der Waals surface area contributed by atoms with E-state index < -0.39 is 5.82 Å². The molecule has 6 rings (SSSR count). The molecule has 0 unspecified atom stereocenters. The number of aromatic nitrogens is 2. The normalized spacial score (nSPS) is 22.7. The molecular weight excluding hydrogens is 541 g/mol. The van der Waals surface area contributed by atoms with Gasteiger partial charge >= 0.3 is 0 Å². The zero-order valence-electron chi connectivity index (χ0n) is 26.2. The van der Waals surface area contributed by atoms with Gasteiger partial charge in [0.25, 0.3) is 5.91 Å².